The van der Waals surface area contributed by atoms with Gasteiger partial charge in [0, 0.05) is 40.3 Å². The van der Waals surface area contributed by atoms with Gasteiger partial charge in [0.2, 0.25) is 0 Å². The SMILES string of the molecule is C=C(C)c1c[nH]ncc(-c2ccc(-c3ccc(CC)c(F)c3)nc2)c(N)nc1C. The van der Waals surface area contributed by atoms with Gasteiger partial charge < -0.3 is 5.73 Å². The summed E-state index contributed by atoms with van der Waals surface area (Å²) in [5.74, 6) is 0.109. The summed E-state index contributed by atoms with van der Waals surface area (Å²) in [6, 6.07) is 8.89. The van der Waals surface area contributed by atoms with E-state index < -0.39 is 0 Å². The minimum atomic E-state index is -0.220. The first-order valence-corrected chi connectivity index (χ1v) is 9.36. The molecule has 3 rings (SSSR count). The van der Waals surface area contributed by atoms with E-state index in [4.69, 9.17) is 5.73 Å². The van der Waals surface area contributed by atoms with Crippen molar-refractivity contribution < 1.29 is 4.39 Å². The zero-order valence-corrected chi connectivity index (χ0v) is 16.8. The fraction of sp³-hybridized carbons (Fsp3) is 0.174. The van der Waals surface area contributed by atoms with Crippen molar-refractivity contribution in [3.8, 4) is 22.4 Å². The molecule has 2 aromatic heterocycles. The van der Waals surface area contributed by atoms with Crippen LogP contribution in [0.2, 0.25) is 0 Å². The molecule has 0 aliphatic rings. The van der Waals surface area contributed by atoms with E-state index >= 15 is 0 Å². The Hall–Kier alpha value is -3.54. The van der Waals surface area contributed by atoms with Gasteiger partial charge in [-0.3, -0.25) is 10.1 Å². The van der Waals surface area contributed by atoms with Gasteiger partial charge in [-0.25, -0.2) is 9.37 Å². The molecule has 0 radical (unpaired) electrons. The van der Waals surface area contributed by atoms with Crippen molar-refractivity contribution in [3.63, 3.8) is 0 Å². The van der Waals surface area contributed by atoms with Crippen molar-refractivity contribution in [1.82, 2.24) is 20.2 Å². The molecule has 1 aromatic carbocycles. The normalized spacial score (nSPS) is 10.5. The van der Waals surface area contributed by atoms with E-state index in [1.807, 2.05) is 39.0 Å². The van der Waals surface area contributed by atoms with Gasteiger partial charge in [0.15, 0.2) is 0 Å². The van der Waals surface area contributed by atoms with Crippen LogP contribution >= 0.6 is 0 Å². The Labute approximate surface area is 169 Å². The molecule has 0 fully saturated rings. The standard InChI is InChI=1S/C23H24FN5/c1-5-16-6-7-17(10-21(16)24)22-9-8-18(11-26-22)20-13-28-27-12-19(14(2)3)15(4)29-23(20)25/h6-13,27H,2,5,25H2,1,3-4H3. The fourth-order valence-corrected chi connectivity index (χ4v) is 3.05. The number of halogens is 1. The summed E-state index contributed by atoms with van der Waals surface area (Å²) in [7, 11) is 0. The van der Waals surface area contributed by atoms with Crippen LogP contribution in [0.5, 0.6) is 0 Å². The number of nitrogen functional groups attached to an aromatic ring is 1. The van der Waals surface area contributed by atoms with Crippen molar-refractivity contribution in [2.45, 2.75) is 27.2 Å². The maximum atomic E-state index is 14.1. The molecule has 0 saturated heterocycles. The van der Waals surface area contributed by atoms with Gasteiger partial charge in [0.05, 0.1) is 11.9 Å². The van der Waals surface area contributed by atoms with Crippen LogP contribution in [0, 0.1) is 12.7 Å². The molecule has 0 unspecified atom stereocenters. The molecule has 29 heavy (non-hydrogen) atoms. The molecule has 6 heteroatoms. The second kappa shape index (κ2) is 8.65. The Morgan fingerprint density at radius 3 is 2.55 bits per heavy atom. The molecule has 5 nitrogen and oxygen atoms in total. The van der Waals surface area contributed by atoms with Gasteiger partial charge in [0.1, 0.15) is 11.6 Å². The number of nitrogens with two attached hydrogens (primary N) is 1. The zero-order valence-electron chi connectivity index (χ0n) is 16.8. The summed E-state index contributed by atoms with van der Waals surface area (Å²) in [6.45, 7) is 9.65. The molecule has 0 atom stereocenters. The molecule has 0 bridgehead atoms. The second-order valence-electron chi connectivity index (χ2n) is 6.81. The number of anilines is 1. The predicted molar refractivity (Wildman–Crippen MR) is 116 cm³/mol. The number of hydrogen-bond acceptors (Lipinski definition) is 4. The number of aromatic nitrogens is 4. The highest BCUT2D eigenvalue weighted by Crippen LogP contribution is 2.26. The largest absolute Gasteiger partial charge is 0.383 e. The van der Waals surface area contributed by atoms with Crippen LogP contribution in [0.25, 0.3) is 28.0 Å². The Balaban J connectivity index is 2.03. The highest BCUT2D eigenvalue weighted by molar-refractivity contribution is 5.74. The van der Waals surface area contributed by atoms with Crippen molar-refractivity contribution >= 4 is 11.4 Å². The lowest BCUT2D eigenvalue weighted by Crippen LogP contribution is -1.95. The highest BCUT2D eigenvalue weighted by atomic mass is 19.1. The number of aryl methyl sites for hydroxylation is 2. The Bertz CT molecular complexity index is 1100. The summed E-state index contributed by atoms with van der Waals surface area (Å²) in [5.41, 5.74) is 12.2. The average molecular weight is 389 g/mol. The first kappa shape index (κ1) is 20.2. The summed E-state index contributed by atoms with van der Waals surface area (Å²) in [6.07, 6.45) is 5.69. The maximum absolute atomic E-state index is 14.1. The van der Waals surface area contributed by atoms with Gasteiger partial charge in [-0.2, -0.15) is 5.10 Å². The van der Waals surface area contributed by atoms with Gasteiger partial charge >= 0.3 is 0 Å². The van der Waals surface area contributed by atoms with E-state index in [0.29, 0.717) is 29.1 Å². The third-order valence-electron chi connectivity index (χ3n) is 4.69. The summed E-state index contributed by atoms with van der Waals surface area (Å²) >= 11 is 0. The Morgan fingerprint density at radius 1 is 1.17 bits per heavy atom. The molecule has 148 valence electrons. The van der Waals surface area contributed by atoms with E-state index in [0.717, 1.165) is 28.0 Å². The van der Waals surface area contributed by atoms with Crippen molar-refractivity contribution in [2.24, 2.45) is 0 Å². The maximum Gasteiger partial charge on any atom is 0.133 e. The van der Waals surface area contributed by atoms with Gasteiger partial charge in [-0.15, -0.1) is 0 Å². The smallest absolute Gasteiger partial charge is 0.133 e. The summed E-state index contributed by atoms with van der Waals surface area (Å²) < 4.78 is 14.1. The zero-order chi connectivity index (χ0) is 21.0. The summed E-state index contributed by atoms with van der Waals surface area (Å²) in [4.78, 5) is 8.99. The molecule has 0 spiro atoms. The molecular formula is C23H24FN5. The van der Waals surface area contributed by atoms with E-state index in [1.54, 1.807) is 24.7 Å². The lowest BCUT2D eigenvalue weighted by atomic mass is 10.0. The molecule has 3 aromatic rings. The first-order valence-electron chi connectivity index (χ1n) is 9.36. The quantitative estimate of drug-likeness (QED) is 0.636. The van der Waals surface area contributed by atoms with E-state index in [1.165, 1.54) is 6.07 Å². The number of aromatic amines is 1. The van der Waals surface area contributed by atoms with Crippen molar-refractivity contribution in [3.05, 3.63) is 78.1 Å². The number of nitrogens with zero attached hydrogens (tertiary/aromatic N) is 3. The van der Waals surface area contributed by atoms with Crippen LogP contribution in [-0.2, 0) is 6.42 Å². The van der Waals surface area contributed by atoms with E-state index in [2.05, 4.69) is 26.7 Å². The predicted octanol–water partition coefficient (Wildman–Crippen LogP) is 5.28. The van der Waals surface area contributed by atoms with Crippen molar-refractivity contribution in [2.75, 3.05) is 5.73 Å². The van der Waals surface area contributed by atoms with Crippen LogP contribution in [0.1, 0.15) is 30.7 Å². The molecule has 2 heterocycles. The number of allylic oxidation sites excluding steroid dienone is 1. The molecular weight excluding hydrogens is 365 g/mol. The number of H-pyrrole nitrogens is 1. The van der Waals surface area contributed by atoms with Crippen molar-refractivity contribution in [1.29, 1.82) is 0 Å². The Kier molecular flexibility index (Phi) is 6.02. The van der Waals surface area contributed by atoms with Crippen LogP contribution < -0.4 is 5.73 Å². The van der Waals surface area contributed by atoms with Crippen LogP contribution in [0.15, 0.2) is 55.5 Å². The second-order valence-corrected chi connectivity index (χ2v) is 6.81. The van der Waals surface area contributed by atoms with Crippen LogP contribution in [0.3, 0.4) is 0 Å². The monoisotopic (exact) mass is 389 g/mol. The van der Waals surface area contributed by atoms with E-state index in [-0.39, 0.29) is 5.82 Å². The third-order valence-corrected chi connectivity index (χ3v) is 4.69. The molecule has 0 aliphatic carbocycles. The third kappa shape index (κ3) is 4.48. The topological polar surface area (TPSA) is 80.5 Å². The highest BCUT2D eigenvalue weighted by Gasteiger charge is 2.08. The van der Waals surface area contributed by atoms with Gasteiger partial charge in [0.25, 0.3) is 0 Å². The minimum Gasteiger partial charge on any atom is -0.383 e. The number of rotatable bonds is 4. The van der Waals surface area contributed by atoms with E-state index in [9.17, 15) is 4.39 Å². The summed E-state index contributed by atoms with van der Waals surface area (Å²) in [5, 5.41) is 7.07. The van der Waals surface area contributed by atoms with Crippen LogP contribution in [0.4, 0.5) is 10.2 Å². The number of hydrogen-bond donors (Lipinski definition) is 2. The number of benzene rings is 1. The molecule has 0 aliphatic heterocycles. The Morgan fingerprint density at radius 2 is 1.93 bits per heavy atom. The fourth-order valence-electron chi connectivity index (χ4n) is 3.05. The van der Waals surface area contributed by atoms with Crippen LogP contribution in [-0.4, -0.2) is 20.2 Å². The lowest BCUT2D eigenvalue weighted by Gasteiger charge is -2.06. The molecule has 3 N–H and O–H groups in total. The van der Waals surface area contributed by atoms with Gasteiger partial charge in [-0.05, 0) is 43.5 Å². The molecule has 0 saturated carbocycles. The van der Waals surface area contributed by atoms with Gasteiger partial charge in [-0.1, -0.05) is 31.7 Å². The molecule has 0 amide bonds. The number of nitrogens with one attached hydrogen (secondary N) is 1. The first-order chi connectivity index (χ1) is 13.9. The minimum absolute atomic E-state index is 0.220. The number of pyridine rings is 1. The lowest BCUT2D eigenvalue weighted by molar-refractivity contribution is 0.612. The average Bonchev–Trinajstić information content (AvgIpc) is 2.76.